The van der Waals surface area contributed by atoms with Gasteiger partial charge in [0.1, 0.15) is 11.4 Å². The molecule has 0 aliphatic rings. The Morgan fingerprint density at radius 1 is 1.35 bits per heavy atom. The molecule has 5 nitrogen and oxygen atoms in total. The monoisotopic (exact) mass is 396 g/mol. The molecule has 0 fully saturated rings. The van der Waals surface area contributed by atoms with Crippen LogP contribution in [0.4, 0.5) is 4.79 Å². The zero-order chi connectivity index (χ0) is 19.2. The van der Waals surface area contributed by atoms with Gasteiger partial charge in [0.15, 0.2) is 0 Å². The lowest BCUT2D eigenvalue weighted by molar-refractivity contribution is 0.0523. The van der Waals surface area contributed by atoms with Crippen LogP contribution in [0.3, 0.4) is 0 Å². The molecule has 7 heteroatoms. The van der Waals surface area contributed by atoms with Crippen molar-refractivity contribution in [2.45, 2.75) is 46.3 Å². The molecular formula is C19H25ClN2O3S. The number of carbonyl (C=O) groups excluding carboxylic acids is 1. The maximum atomic E-state index is 11.9. The maximum absolute atomic E-state index is 11.9. The van der Waals surface area contributed by atoms with Crippen LogP contribution in [-0.2, 0) is 11.3 Å². The Labute approximate surface area is 163 Å². The Bertz CT molecular complexity index is 741. The summed E-state index contributed by atoms with van der Waals surface area (Å²) in [4.78, 5) is 17.3. The minimum Gasteiger partial charge on any atom is -0.493 e. The molecule has 1 aromatic heterocycles. The second-order valence-electron chi connectivity index (χ2n) is 6.84. The van der Waals surface area contributed by atoms with Crippen LogP contribution in [0.1, 0.15) is 38.4 Å². The van der Waals surface area contributed by atoms with Gasteiger partial charge in [-0.2, -0.15) is 0 Å². The van der Waals surface area contributed by atoms with Crippen molar-refractivity contribution in [3.8, 4) is 16.2 Å². The smallest absolute Gasteiger partial charge is 0.407 e. The Hall–Kier alpha value is -1.79. The predicted octanol–water partition coefficient (Wildman–Crippen LogP) is 5.15. The van der Waals surface area contributed by atoms with Crippen LogP contribution in [0, 0.1) is 6.92 Å². The van der Waals surface area contributed by atoms with E-state index in [1.165, 1.54) is 0 Å². The van der Waals surface area contributed by atoms with Gasteiger partial charge in [-0.3, -0.25) is 0 Å². The normalized spacial score (nSPS) is 11.3. The van der Waals surface area contributed by atoms with E-state index in [1.807, 2.05) is 51.4 Å². The second kappa shape index (κ2) is 9.24. The Morgan fingerprint density at radius 3 is 2.73 bits per heavy atom. The van der Waals surface area contributed by atoms with Crippen LogP contribution < -0.4 is 10.1 Å². The van der Waals surface area contributed by atoms with E-state index in [1.54, 1.807) is 11.3 Å². The van der Waals surface area contributed by atoms with E-state index in [-0.39, 0.29) is 0 Å². The van der Waals surface area contributed by atoms with Crippen molar-refractivity contribution >= 4 is 29.0 Å². The van der Waals surface area contributed by atoms with Crippen molar-refractivity contribution < 1.29 is 14.3 Å². The van der Waals surface area contributed by atoms with Gasteiger partial charge in [0.05, 0.1) is 22.7 Å². The molecule has 0 saturated carbocycles. The van der Waals surface area contributed by atoms with Crippen LogP contribution in [0.5, 0.6) is 5.75 Å². The molecule has 0 aliphatic heterocycles. The molecule has 2 aromatic rings. The van der Waals surface area contributed by atoms with Crippen molar-refractivity contribution in [1.82, 2.24) is 10.3 Å². The molecule has 0 spiro atoms. The van der Waals surface area contributed by atoms with E-state index in [2.05, 4.69) is 10.3 Å². The van der Waals surface area contributed by atoms with Gasteiger partial charge >= 0.3 is 6.09 Å². The van der Waals surface area contributed by atoms with E-state index >= 15 is 0 Å². The fourth-order valence-corrected chi connectivity index (χ4v) is 3.19. The third-order valence-electron chi connectivity index (χ3n) is 3.43. The van der Waals surface area contributed by atoms with Gasteiger partial charge in [-0.15, -0.1) is 22.9 Å². The highest BCUT2D eigenvalue weighted by atomic mass is 35.5. The average molecular weight is 397 g/mol. The van der Waals surface area contributed by atoms with Crippen LogP contribution >= 0.6 is 22.9 Å². The number of aromatic nitrogens is 1. The maximum Gasteiger partial charge on any atom is 0.407 e. The molecule has 0 radical (unpaired) electrons. The third kappa shape index (κ3) is 6.18. The fourth-order valence-electron chi connectivity index (χ4n) is 2.27. The predicted molar refractivity (Wildman–Crippen MR) is 106 cm³/mol. The van der Waals surface area contributed by atoms with Gasteiger partial charge in [-0.25, -0.2) is 9.78 Å². The van der Waals surface area contributed by atoms with E-state index in [9.17, 15) is 4.79 Å². The van der Waals surface area contributed by atoms with Crippen molar-refractivity contribution in [2.24, 2.45) is 0 Å². The minimum atomic E-state index is -0.530. The lowest BCUT2D eigenvalue weighted by Crippen LogP contribution is -2.32. The van der Waals surface area contributed by atoms with Gasteiger partial charge in [0.2, 0.25) is 0 Å². The van der Waals surface area contributed by atoms with Crippen molar-refractivity contribution in [1.29, 1.82) is 0 Å². The molecule has 2 rings (SSSR count). The number of alkyl halides is 1. The molecular weight excluding hydrogens is 372 g/mol. The molecule has 1 amide bonds. The van der Waals surface area contributed by atoms with Gasteiger partial charge in [-0.05, 0) is 45.7 Å². The first-order valence-electron chi connectivity index (χ1n) is 8.49. The summed E-state index contributed by atoms with van der Waals surface area (Å²) in [5.41, 5.74) is 4.22. The van der Waals surface area contributed by atoms with Crippen molar-refractivity contribution in [3.05, 3.63) is 35.0 Å². The van der Waals surface area contributed by atoms with Gasteiger partial charge in [0.25, 0.3) is 0 Å². The highest BCUT2D eigenvalue weighted by Crippen LogP contribution is 2.32. The summed E-state index contributed by atoms with van der Waals surface area (Å²) < 4.78 is 11.2. The first-order chi connectivity index (χ1) is 12.3. The molecule has 0 aliphatic carbocycles. The average Bonchev–Trinajstić information content (AvgIpc) is 2.98. The summed E-state index contributed by atoms with van der Waals surface area (Å²) in [5.74, 6) is 1.27. The molecule has 0 atom stereocenters. The SMILES string of the molecule is Cc1ncsc1-c1ccc(CNC(=O)OC(C)(C)C)c(OCCCCl)c1. The van der Waals surface area contributed by atoms with Crippen molar-refractivity contribution in [3.63, 3.8) is 0 Å². The van der Waals surface area contributed by atoms with Crippen molar-refractivity contribution in [2.75, 3.05) is 12.5 Å². The zero-order valence-electron chi connectivity index (χ0n) is 15.6. The summed E-state index contributed by atoms with van der Waals surface area (Å²) in [6.45, 7) is 8.33. The third-order valence-corrected chi connectivity index (χ3v) is 4.68. The summed E-state index contributed by atoms with van der Waals surface area (Å²) in [5, 5.41) is 2.77. The van der Waals surface area contributed by atoms with Crippen LogP contribution in [0.25, 0.3) is 10.4 Å². The molecule has 142 valence electrons. The Morgan fingerprint density at radius 2 is 2.12 bits per heavy atom. The largest absolute Gasteiger partial charge is 0.493 e. The number of carbonyl (C=O) groups is 1. The molecule has 1 N–H and O–H groups in total. The number of hydrogen-bond acceptors (Lipinski definition) is 5. The highest BCUT2D eigenvalue weighted by molar-refractivity contribution is 7.13. The summed E-state index contributed by atoms with van der Waals surface area (Å²) >= 11 is 7.34. The van der Waals surface area contributed by atoms with E-state index in [0.717, 1.165) is 33.9 Å². The lowest BCUT2D eigenvalue weighted by Gasteiger charge is -2.20. The number of nitrogens with zero attached hydrogens (tertiary/aromatic N) is 1. The van der Waals surface area contributed by atoms with E-state index in [4.69, 9.17) is 21.1 Å². The van der Waals surface area contributed by atoms with Crippen LogP contribution in [0.15, 0.2) is 23.7 Å². The number of alkyl carbamates (subject to hydrolysis) is 1. The number of halogens is 1. The topological polar surface area (TPSA) is 60.5 Å². The van der Waals surface area contributed by atoms with Gasteiger partial charge < -0.3 is 14.8 Å². The molecule has 1 heterocycles. The molecule has 0 saturated heterocycles. The number of aryl methyl sites for hydroxylation is 1. The van der Waals surface area contributed by atoms with Gasteiger partial charge in [-0.1, -0.05) is 12.1 Å². The van der Waals surface area contributed by atoms with Crippen LogP contribution in [0.2, 0.25) is 0 Å². The minimum absolute atomic E-state index is 0.326. The molecule has 26 heavy (non-hydrogen) atoms. The lowest BCUT2D eigenvalue weighted by atomic mass is 10.1. The second-order valence-corrected chi connectivity index (χ2v) is 8.07. The Balaban J connectivity index is 2.16. The first kappa shape index (κ1) is 20.5. The quantitative estimate of drug-likeness (QED) is 0.519. The molecule has 0 bridgehead atoms. The number of rotatable bonds is 7. The number of thiazole rings is 1. The molecule has 0 unspecified atom stereocenters. The fraction of sp³-hybridized carbons (Fsp3) is 0.474. The summed E-state index contributed by atoms with van der Waals surface area (Å²) in [6.07, 6.45) is 0.302. The van der Waals surface area contributed by atoms with Gasteiger partial charge in [0, 0.05) is 18.0 Å². The first-order valence-corrected chi connectivity index (χ1v) is 9.90. The summed E-state index contributed by atoms with van der Waals surface area (Å²) in [6, 6.07) is 5.96. The molecule has 1 aromatic carbocycles. The summed E-state index contributed by atoms with van der Waals surface area (Å²) in [7, 11) is 0. The zero-order valence-corrected chi connectivity index (χ0v) is 17.2. The number of amides is 1. The van der Waals surface area contributed by atoms with E-state index in [0.29, 0.717) is 19.0 Å². The number of nitrogens with one attached hydrogen (secondary N) is 1. The van der Waals surface area contributed by atoms with Crippen LogP contribution in [-0.4, -0.2) is 29.2 Å². The number of hydrogen-bond donors (Lipinski definition) is 1. The number of ether oxygens (including phenoxy) is 2. The van der Waals surface area contributed by atoms with E-state index < -0.39 is 11.7 Å². The highest BCUT2D eigenvalue weighted by Gasteiger charge is 2.17. The standard InChI is InChI=1S/C19H25ClN2O3S/c1-13-17(26-12-22-13)14-6-7-15(16(10-14)24-9-5-8-20)11-21-18(23)25-19(2,3)4/h6-7,10,12H,5,8-9,11H2,1-4H3,(H,21,23). The Kier molecular flexibility index (Phi) is 7.29. The number of benzene rings is 1.